The Balaban J connectivity index is 1.98. The predicted octanol–water partition coefficient (Wildman–Crippen LogP) is 2.22. The summed E-state index contributed by atoms with van der Waals surface area (Å²) in [6.45, 7) is 1.04. The van der Waals surface area contributed by atoms with Gasteiger partial charge in [0.15, 0.2) is 5.69 Å². The minimum Gasteiger partial charge on any atom is -0.476 e. The number of aromatic carboxylic acids is 1. The van der Waals surface area contributed by atoms with E-state index in [0.717, 1.165) is 0 Å². The molecule has 0 bridgehead atoms. The van der Waals surface area contributed by atoms with Gasteiger partial charge in [-0.3, -0.25) is 0 Å². The molecule has 6 nitrogen and oxygen atoms in total. The number of carbonyl (C=O) groups is 1. The van der Waals surface area contributed by atoms with Crippen LogP contribution in [-0.4, -0.2) is 27.2 Å². The Labute approximate surface area is 120 Å². The average Bonchev–Trinajstić information content (AvgIpc) is 2.88. The van der Waals surface area contributed by atoms with E-state index in [9.17, 15) is 4.79 Å². The fraction of sp³-hybridized carbons (Fsp3) is 0.154. The highest BCUT2D eigenvalue weighted by molar-refractivity contribution is 6.32. The summed E-state index contributed by atoms with van der Waals surface area (Å²) in [6, 6.07) is 7.21. The van der Waals surface area contributed by atoms with Crippen molar-refractivity contribution in [2.45, 2.75) is 6.54 Å². The van der Waals surface area contributed by atoms with Crippen molar-refractivity contribution in [3.63, 3.8) is 0 Å². The maximum absolute atomic E-state index is 10.7. The van der Waals surface area contributed by atoms with Crippen molar-refractivity contribution in [3.8, 4) is 6.07 Å². The maximum atomic E-state index is 10.7. The van der Waals surface area contributed by atoms with E-state index in [1.165, 1.54) is 12.5 Å². The van der Waals surface area contributed by atoms with Gasteiger partial charge in [-0.2, -0.15) is 5.26 Å². The highest BCUT2D eigenvalue weighted by atomic mass is 35.5. The quantitative estimate of drug-likeness (QED) is 0.881. The molecule has 1 aromatic heterocycles. The van der Waals surface area contributed by atoms with Gasteiger partial charge in [-0.25, -0.2) is 9.78 Å². The molecule has 0 radical (unpaired) electrons. The first-order valence-corrected chi connectivity index (χ1v) is 6.17. The van der Waals surface area contributed by atoms with Crippen LogP contribution in [0.1, 0.15) is 16.1 Å². The van der Waals surface area contributed by atoms with E-state index < -0.39 is 5.97 Å². The smallest absolute Gasteiger partial charge is 0.356 e. The Hall–Kier alpha value is -2.52. The molecule has 1 aromatic carbocycles. The van der Waals surface area contributed by atoms with Crippen LogP contribution in [0.3, 0.4) is 0 Å². The lowest BCUT2D eigenvalue weighted by Gasteiger charge is -2.09. The highest BCUT2D eigenvalue weighted by Crippen LogP contribution is 2.22. The van der Waals surface area contributed by atoms with E-state index >= 15 is 0 Å². The number of hydrogen-bond acceptors (Lipinski definition) is 4. The van der Waals surface area contributed by atoms with Crippen LogP contribution in [0.5, 0.6) is 0 Å². The Morgan fingerprint density at radius 3 is 3.00 bits per heavy atom. The minimum absolute atomic E-state index is 0.00506. The number of benzene rings is 1. The van der Waals surface area contributed by atoms with E-state index in [0.29, 0.717) is 29.4 Å². The van der Waals surface area contributed by atoms with Crippen molar-refractivity contribution in [2.24, 2.45) is 0 Å². The molecule has 2 N–H and O–H groups in total. The summed E-state index contributed by atoms with van der Waals surface area (Å²) in [4.78, 5) is 14.4. The first-order chi connectivity index (χ1) is 9.61. The topological polar surface area (TPSA) is 90.9 Å². The van der Waals surface area contributed by atoms with Crippen LogP contribution in [-0.2, 0) is 6.54 Å². The van der Waals surface area contributed by atoms with Crippen LogP contribution >= 0.6 is 11.6 Å². The number of anilines is 1. The van der Waals surface area contributed by atoms with Crippen molar-refractivity contribution in [2.75, 3.05) is 11.9 Å². The van der Waals surface area contributed by atoms with Crippen molar-refractivity contribution in [1.82, 2.24) is 9.55 Å². The summed E-state index contributed by atoms with van der Waals surface area (Å²) in [5.74, 6) is -1.06. The number of nitriles is 1. The number of halogens is 1. The van der Waals surface area contributed by atoms with Gasteiger partial charge in [0.1, 0.15) is 6.07 Å². The number of imidazole rings is 1. The number of carboxylic acids is 1. The maximum Gasteiger partial charge on any atom is 0.356 e. The lowest BCUT2D eigenvalue weighted by Crippen LogP contribution is -2.10. The third kappa shape index (κ3) is 3.08. The third-order valence-electron chi connectivity index (χ3n) is 2.66. The summed E-state index contributed by atoms with van der Waals surface area (Å²) in [7, 11) is 0. The molecule has 2 rings (SSSR count). The van der Waals surface area contributed by atoms with E-state index in [1.54, 1.807) is 22.8 Å². The van der Waals surface area contributed by atoms with Crippen molar-refractivity contribution in [1.29, 1.82) is 5.26 Å². The third-order valence-corrected chi connectivity index (χ3v) is 2.98. The second-order valence-electron chi connectivity index (χ2n) is 4.00. The Kier molecular flexibility index (Phi) is 4.23. The number of rotatable bonds is 5. The van der Waals surface area contributed by atoms with Crippen molar-refractivity contribution < 1.29 is 9.90 Å². The summed E-state index contributed by atoms with van der Waals surface area (Å²) in [5, 5.41) is 21.3. The van der Waals surface area contributed by atoms with Gasteiger partial charge in [0, 0.05) is 19.3 Å². The summed E-state index contributed by atoms with van der Waals surface area (Å²) in [6.07, 6.45) is 2.90. The number of nitrogens with zero attached hydrogens (tertiary/aromatic N) is 3. The molecule has 0 aliphatic carbocycles. The fourth-order valence-corrected chi connectivity index (χ4v) is 1.91. The van der Waals surface area contributed by atoms with Gasteiger partial charge in [0.2, 0.25) is 0 Å². The first kappa shape index (κ1) is 13.9. The van der Waals surface area contributed by atoms with Gasteiger partial charge in [-0.1, -0.05) is 17.7 Å². The van der Waals surface area contributed by atoms with Gasteiger partial charge in [-0.15, -0.1) is 0 Å². The van der Waals surface area contributed by atoms with Crippen LogP contribution in [0.25, 0.3) is 0 Å². The fourth-order valence-electron chi connectivity index (χ4n) is 1.70. The molecule has 102 valence electrons. The van der Waals surface area contributed by atoms with Crippen LogP contribution in [0, 0.1) is 11.3 Å². The molecule has 0 saturated carbocycles. The monoisotopic (exact) mass is 290 g/mol. The average molecular weight is 291 g/mol. The molecular weight excluding hydrogens is 280 g/mol. The largest absolute Gasteiger partial charge is 0.476 e. The number of nitrogens with one attached hydrogen (secondary N) is 1. The highest BCUT2D eigenvalue weighted by Gasteiger charge is 2.07. The molecule has 1 heterocycles. The molecule has 0 saturated heterocycles. The summed E-state index contributed by atoms with van der Waals surface area (Å²) >= 11 is 5.92. The molecule has 0 spiro atoms. The Bertz CT molecular complexity index is 675. The van der Waals surface area contributed by atoms with Gasteiger partial charge in [-0.05, 0) is 12.1 Å². The first-order valence-electron chi connectivity index (χ1n) is 5.79. The molecule has 0 unspecified atom stereocenters. The molecule has 20 heavy (non-hydrogen) atoms. The van der Waals surface area contributed by atoms with E-state index in [4.69, 9.17) is 22.0 Å². The second-order valence-corrected chi connectivity index (χ2v) is 4.41. The SMILES string of the molecule is N#Cc1c(Cl)cccc1NCCn1cnc(C(=O)O)c1. The van der Waals surface area contributed by atoms with Crippen LogP contribution in [0.4, 0.5) is 5.69 Å². The van der Waals surface area contributed by atoms with E-state index in [1.807, 2.05) is 6.07 Å². The number of aromatic nitrogens is 2. The molecule has 0 atom stereocenters. The van der Waals surface area contributed by atoms with Gasteiger partial charge in [0.25, 0.3) is 0 Å². The number of hydrogen-bond donors (Lipinski definition) is 2. The summed E-state index contributed by atoms with van der Waals surface area (Å²) in [5.41, 5.74) is 1.05. The van der Waals surface area contributed by atoms with Gasteiger partial charge < -0.3 is 15.0 Å². The van der Waals surface area contributed by atoms with E-state index in [-0.39, 0.29) is 5.69 Å². The zero-order valence-corrected chi connectivity index (χ0v) is 11.1. The molecule has 0 fully saturated rings. The van der Waals surface area contributed by atoms with E-state index in [2.05, 4.69) is 10.3 Å². The molecule has 0 aliphatic heterocycles. The van der Waals surface area contributed by atoms with Crippen molar-refractivity contribution >= 4 is 23.3 Å². The normalized spacial score (nSPS) is 10.0. The molecular formula is C13H11ClN4O2. The molecule has 0 amide bonds. The van der Waals surface area contributed by atoms with Gasteiger partial charge >= 0.3 is 5.97 Å². The lowest BCUT2D eigenvalue weighted by atomic mass is 10.2. The van der Waals surface area contributed by atoms with Crippen LogP contribution in [0.2, 0.25) is 5.02 Å². The molecule has 0 aliphatic rings. The standard InChI is InChI=1S/C13H11ClN4O2/c14-10-2-1-3-11(9(10)6-15)16-4-5-18-7-12(13(19)20)17-8-18/h1-3,7-8,16H,4-5H2,(H,19,20). The summed E-state index contributed by atoms with van der Waals surface area (Å²) < 4.78 is 1.66. The van der Waals surface area contributed by atoms with Crippen molar-refractivity contribution in [3.05, 3.63) is 47.0 Å². The molecule has 2 aromatic rings. The lowest BCUT2D eigenvalue weighted by molar-refractivity contribution is 0.0691. The van der Waals surface area contributed by atoms with Crippen LogP contribution in [0.15, 0.2) is 30.7 Å². The van der Waals surface area contributed by atoms with Crippen LogP contribution < -0.4 is 5.32 Å². The second kappa shape index (κ2) is 6.08. The Morgan fingerprint density at radius 2 is 2.35 bits per heavy atom. The number of carboxylic acid groups (broad SMARTS) is 1. The minimum atomic E-state index is -1.06. The molecule has 7 heteroatoms. The zero-order chi connectivity index (χ0) is 14.5. The van der Waals surface area contributed by atoms with Gasteiger partial charge in [0.05, 0.1) is 22.6 Å². The Morgan fingerprint density at radius 1 is 1.55 bits per heavy atom. The predicted molar refractivity (Wildman–Crippen MR) is 73.8 cm³/mol. The zero-order valence-electron chi connectivity index (χ0n) is 10.4.